The summed E-state index contributed by atoms with van der Waals surface area (Å²) in [7, 11) is -0.187. The van der Waals surface area contributed by atoms with Gasteiger partial charge in [-0.3, -0.25) is 4.72 Å². The van der Waals surface area contributed by atoms with Crippen LogP contribution in [0.1, 0.15) is 5.56 Å². The van der Waals surface area contributed by atoms with Gasteiger partial charge in [-0.1, -0.05) is 12.1 Å². The molecular formula is C15H18N2O3S. The van der Waals surface area contributed by atoms with E-state index >= 15 is 0 Å². The fourth-order valence-corrected chi connectivity index (χ4v) is 2.92. The summed E-state index contributed by atoms with van der Waals surface area (Å²) in [6.07, 6.45) is 0. The second-order valence-corrected chi connectivity index (χ2v) is 6.19. The topological polar surface area (TPSA) is 67.4 Å². The van der Waals surface area contributed by atoms with Crippen molar-refractivity contribution in [1.82, 2.24) is 5.32 Å². The van der Waals surface area contributed by atoms with Crippen LogP contribution in [-0.4, -0.2) is 22.6 Å². The highest BCUT2D eigenvalue weighted by Gasteiger charge is 2.14. The molecule has 0 heterocycles. The normalized spacial score (nSPS) is 11.1. The summed E-state index contributed by atoms with van der Waals surface area (Å²) in [5.74, 6) is 0.616. The first kappa shape index (κ1) is 15.3. The first-order chi connectivity index (χ1) is 10.0. The van der Waals surface area contributed by atoms with Crippen LogP contribution in [0.25, 0.3) is 0 Å². The largest absolute Gasteiger partial charge is 0.497 e. The van der Waals surface area contributed by atoms with Crippen molar-refractivity contribution in [3.63, 3.8) is 0 Å². The third-order valence-electron chi connectivity index (χ3n) is 2.96. The smallest absolute Gasteiger partial charge is 0.261 e. The SMILES string of the molecule is CNCc1ccc(NS(=O)(=O)c2ccc(OC)cc2)cc1. The van der Waals surface area contributed by atoms with E-state index in [9.17, 15) is 8.42 Å². The predicted octanol–water partition coefficient (Wildman–Crippen LogP) is 2.22. The molecule has 5 nitrogen and oxygen atoms in total. The van der Waals surface area contributed by atoms with Gasteiger partial charge in [-0.2, -0.15) is 0 Å². The average molecular weight is 306 g/mol. The van der Waals surface area contributed by atoms with Crippen molar-refractivity contribution in [3.8, 4) is 5.75 Å². The van der Waals surface area contributed by atoms with Crippen LogP contribution < -0.4 is 14.8 Å². The zero-order valence-corrected chi connectivity index (χ0v) is 12.8. The van der Waals surface area contributed by atoms with Crippen LogP contribution in [0.5, 0.6) is 5.75 Å². The number of rotatable bonds is 6. The molecule has 0 saturated heterocycles. The molecule has 6 heteroatoms. The Bertz CT molecular complexity index is 680. The average Bonchev–Trinajstić information content (AvgIpc) is 2.49. The van der Waals surface area contributed by atoms with Gasteiger partial charge in [-0.05, 0) is 49.0 Å². The van der Waals surface area contributed by atoms with Crippen molar-refractivity contribution in [2.45, 2.75) is 11.4 Å². The number of nitrogens with one attached hydrogen (secondary N) is 2. The summed E-state index contributed by atoms with van der Waals surface area (Å²) in [5, 5.41) is 3.04. The van der Waals surface area contributed by atoms with Crippen LogP contribution in [0.3, 0.4) is 0 Å². The minimum absolute atomic E-state index is 0.197. The number of ether oxygens (including phenoxy) is 1. The molecule has 2 aromatic carbocycles. The second-order valence-electron chi connectivity index (χ2n) is 4.51. The molecule has 0 aliphatic carbocycles. The highest BCUT2D eigenvalue weighted by atomic mass is 32.2. The van der Waals surface area contributed by atoms with Crippen LogP contribution >= 0.6 is 0 Å². The molecule has 0 fully saturated rings. The van der Waals surface area contributed by atoms with Crippen LogP contribution in [-0.2, 0) is 16.6 Å². The van der Waals surface area contributed by atoms with E-state index in [1.54, 1.807) is 24.3 Å². The van der Waals surface area contributed by atoms with E-state index in [-0.39, 0.29) is 4.90 Å². The van der Waals surface area contributed by atoms with Gasteiger partial charge in [0.15, 0.2) is 0 Å². The molecule has 0 saturated carbocycles. The van der Waals surface area contributed by atoms with Crippen LogP contribution in [0.15, 0.2) is 53.4 Å². The molecule has 0 amide bonds. The number of hydrogen-bond acceptors (Lipinski definition) is 4. The minimum Gasteiger partial charge on any atom is -0.497 e. The van der Waals surface area contributed by atoms with Gasteiger partial charge in [0, 0.05) is 12.2 Å². The lowest BCUT2D eigenvalue weighted by Gasteiger charge is -2.09. The summed E-state index contributed by atoms with van der Waals surface area (Å²) in [4.78, 5) is 0.197. The third kappa shape index (κ3) is 3.96. The van der Waals surface area contributed by atoms with E-state index in [1.807, 2.05) is 19.2 Å². The number of methoxy groups -OCH3 is 1. The molecule has 0 aromatic heterocycles. The summed E-state index contributed by atoms with van der Waals surface area (Å²) in [6.45, 7) is 0.742. The van der Waals surface area contributed by atoms with Gasteiger partial charge >= 0.3 is 0 Å². The summed E-state index contributed by atoms with van der Waals surface area (Å²) >= 11 is 0. The van der Waals surface area contributed by atoms with Crippen LogP contribution in [0.2, 0.25) is 0 Å². The highest BCUT2D eigenvalue weighted by Crippen LogP contribution is 2.19. The Labute approximate surface area is 125 Å². The number of benzene rings is 2. The van der Waals surface area contributed by atoms with E-state index < -0.39 is 10.0 Å². The molecule has 2 aromatic rings. The van der Waals surface area contributed by atoms with Crippen molar-refractivity contribution >= 4 is 15.7 Å². The first-order valence-electron chi connectivity index (χ1n) is 6.45. The highest BCUT2D eigenvalue weighted by molar-refractivity contribution is 7.92. The summed E-state index contributed by atoms with van der Waals surface area (Å²) in [5.41, 5.74) is 1.62. The standard InChI is InChI=1S/C15H18N2O3S/c1-16-11-12-3-5-13(6-4-12)17-21(18,19)15-9-7-14(20-2)8-10-15/h3-10,16-17H,11H2,1-2H3. The molecule has 0 radical (unpaired) electrons. The Morgan fingerprint density at radius 3 is 2.14 bits per heavy atom. The van der Waals surface area contributed by atoms with Gasteiger partial charge in [-0.25, -0.2) is 8.42 Å². The Morgan fingerprint density at radius 2 is 1.62 bits per heavy atom. The molecular weight excluding hydrogens is 288 g/mol. The number of hydrogen-bond donors (Lipinski definition) is 2. The summed E-state index contributed by atoms with van der Waals surface area (Å²) < 4.78 is 32.1. The maximum atomic E-state index is 12.2. The van der Waals surface area contributed by atoms with Crippen molar-refractivity contribution in [2.75, 3.05) is 18.9 Å². The Morgan fingerprint density at radius 1 is 1.00 bits per heavy atom. The van der Waals surface area contributed by atoms with Crippen molar-refractivity contribution in [3.05, 3.63) is 54.1 Å². The molecule has 112 valence electrons. The second kappa shape index (κ2) is 6.60. The van der Waals surface area contributed by atoms with E-state index in [4.69, 9.17) is 4.74 Å². The molecule has 2 N–H and O–H groups in total. The molecule has 0 aliphatic heterocycles. The lowest BCUT2D eigenvalue weighted by molar-refractivity contribution is 0.414. The molecule has 0 bridgehead atoms. The molecule has 0 unspecified atom stereocenters. The van der Waals surface area contributed by atoms with Crippen LogP contribution in [0.4, 0.5) is 5.69 Å². The Hall–Kier alpha value is -2.05. The van der Waals surface area contributed by atoms with E-state index in [1.165, 1.54) is 19.2 Å². The minimum atomic E-state index is -3.58. The number of sulfonamides is 1. The fourth-order valence-electron chi connectivity index (χ4n) is 1.86. The number of anilines is 1. The van der Waals surface area contributed by atoms with Gasteiger partial charge in [0.05, 0.1) is 12.0 Å². The van der Waals surface area contributed by atoms with Gasteiger partial charge in [0.2, 0.25) is 0 Å². The van der Waals surface area contributed by atoms with Crippen molar-refractivity contribution < 1.29 is 13.2 Å². The molecule has 0 aliphatic rings. The fraction of sp³-hybridized carbons (Fsp3) is 0.200. The molecule has 0 atom stereocenters. The van der Waals surface area contributed by atoms with Gasteiger partial charge in [0.1, 0.15) is 5.75 Å². The molecule has 2 rings (SSSR count). The Balaban J connectivity index is 2.16. The lowest BCUT2D eigenvalue weighted by atomic mass is 10.2. The zero-order chi connectivity index (χ0) is 15.3. The van der Waals surface area contributed by atoms with Crippen molar-refractivity contribution in [2.24, 2.45) is 0 Å². The maximum Gasteiger partial charge on any atom is 0.261 e. The van der Waals surface area contributed by atoms with E-state index in [2.05, 4.69) is 10.0 Å². The predicted molar refractivity (Wildman–Crippen MR) is 83.0 cm³/mol. The van der Waals surface area contributed by atoms with Crippen molar-refractivity contribution in [1.29, 1.82) is 0 Å². The zero-order valence-electron chi connectivity index (χ0n) is 12.0. The molecule has 21 heavy (non-hydrogen) atoms. The third-order valence-corrected chi connectivity index (χ3v) is 4.35. The van der Waals surface area contributed by atoms with Gasteiger partial charge in [0.25, 0.3) is 10.0 Å². The van der Waals surface area contributed by atoms with Gasteiger partial charge in [-0.15, -0.1) is 0 Å². The van der Waals surface area contributed by atoms with Crippen LogP contribution in [0, 0.1) is 0 Å². The maximum absolute atomic E-state index is 12.2. The van der Waals surface area contributed by atoms with E-state index in [0.717, 1.165) is 12.1 Å². The first-order valence-corrected chi connectivity index (χ1v) is 7.94. The van der Waals surface area contributed by atoms with Gasteiger partial charge < -0.3 is 10.1 Å². The lowest BCUT2D eigenvalue weighted by Crippen LogP contribution is -2.13. The summed E-state index contributed by atoms with van der Waals surface area (Å²) in [6, 6.07) is 13.5. The Kier molecular flexibility index (Phi) is 4.82. The quantitative estimate of drug-likeness (QED) is 0.858. The molecule has 0 spiro atoms. The monoisotopic (exact) mass is 306 g/mol. The van der Waals surface area contributed by atoms with E-state index in [0.29, 0.717) is 11.4 Å².